The highest BCUT2D eigenvalue weighted by Crippen LogP contribution is 2.29. The van der Waals surface area contributed by atoms with Crippen LogP contribution in [0.15, 0.2) is 34.9 Å². The summed E-state index contributed by atoms with van der Waals surface area (Å²) in [5, 5.41) is 23.7. The molecule has 0 saturated carbocycles. The molecule has 1 heterocycles. The lowest BCUT2D eigenvalue weighted by Gasteiger charge is -2.33. The van der Waals surface area contributed by atoms with Crippen LogP contribution in [0.4, 0.5) is 4.39 Å². The van der Waals surface area contributed by atoms with Gasteiger partial charge in [0.1, 0.15) is 25.7 Å². The maximum absolute atomic E-state index is 13.4. The molecule has 2 unspecified atom stereocenters. The monoisotopic (exact) mass is 265 g/mol. The summed E-state index contributed by atoms with van der Waals surface area (Å²) in [6.07, 6.45) is 2.06. The summed E-state index contributed by atoms with van der Waals surface area (Å²) in [5.74, 6) is 0. The van der Waals surface area contributed by atoms with E-state index in [0.29, 0.717) is 17.6 Å². The molecule has 0 saturated heterocycles. The van der Waals surface area contributed by atoms with Crippen LogP contribution in [0.2, 0.25) is 0 Å². The second-order valence-electron chi connectivity index (χ2n) is 4.52. The number of aliphatic hydroxyl groups excluding tert-OH is 1. The summed E-state index contributed by atoms with van der Waals surface area (Å²) in [5.41, 5.74) is -0.804. The first-order valence-corrected chi connectivity index (χ1v) is 6.26. The third-order valence-corrected chi connectivity index (χ3v) is 3.37. The average molecular weight is 265 g/mol. The summed E-state index contributed by atoms with van der Waals surface area (Å²) < 4.78 is 18.6. The zero-order valence-corrected chi connectivity index (χ0v) is 10.8. The molecule has 4 nitrogen and oxygen atoms in total. The highest BCUT2D eigenvalue weighted by Gasteiger charge is 2.38. The molecule has 2 atom stereocenters. The number of alkyl halides is 1. The maximum Gasteiger partial charge on any atom is 0.135 e. The van der Waals surface area contributed by atoms with Crippen LogP contribution < -0.4 is 5.32 Å². The largest absolute Gasteiger partial charge is 0.464 e. The van der Waals surface area contributed by atoms with Gasteiger partial charge in [0.05, 0.1) is 18.9 Å². The Morgan fingerprint density at radius 1 is 1.42 bits per heavy atom. The van der Waals surface area contributed by atoms with Crippen LogP contribution in [-0.4, -0.2) is 43.8 Å². The first kappa shape index (κ1) is 14.1. The molecule has 0 fully saturated rings. The minimum Gasteiger partial charge on any atom is -0.464 e. The van der Waals surface area contributed by atoms with E-state index in [2.05, 4.69) is 5.32 Å². The number of rotatable bonds is 6. The number of benzene rings is 1. The second kappa shape index (κ2) is 5.73. The normalized spacial score (nSPS) is 16.4. The number of aliphatic hydroxyl groups is 2. The predicted molar refractivity (Wildman–Crippen MR) is 73.5 cm³/mol. The molecular weight excluding hydrogens is 248 g/mol. The summed E-state index contributed by atoms with van der Waals surface area (Å²) >= 11 is 0. The van der Waals surface area contributed by atoms with Gasteiger partial charge in [-0.15, -0.1) is 0 Å². The van der Waals surface area contributed by atoms with E-state index in [1.807, 2.05) is 7.85 Å². The van der Waals surface area contributed by atoms with Crippen molar-refractivity contribution in [1.82, 2.24) is 5.32 Å². The minimum atomic E-state index is -1.77. The van der Waals surface area contributed by atoms with E-state index in [4.69, 9.17) is 4.42 Å². The standard InChI is InChI=1S/C13H17BFNO3/c14-8-16-12(6-17)13(18,7-15)10-2-1-9-3-4-19-11(9)5-10/h1-5,12,16-18H,6-8,14H2. The van der Waals surface area contributed by atoms with Crippen molar-refractivity contribution in [2.45, 2.75) is 11.6 Å². The van der Waals surface area contributed by atoms with Gasteiger partial charge in [0.2, 0.25) is 0 Å². The van der Waals surface area contributed by atoms with Crippen LogP contribution in [0.25, 0.3) is 11.0 Å². The van der Waals surface area contributed by atoms with Crippen molar-refractivity contribution in [3.05, 3.63) is 36.1 Å². The van der Waals surface area contributed by atoms with E-state index < -0.39 is 18.3 Å². The Hall–Kier alpha value is -1.37. The number of nitrogens with one attached hydrogen (secondary N) is 1. The second-order valence-corrected chi connectivity index (χ2v) is 4.52. The summed E-state index contributed by atoms with van der Waals surface area (Å²) in [6.45, 7) is -1.35. The Bertz CT molecular complexity index is 547. The Kier molecular flexibility index (Phi) is 4.24. The smallest absolute Gasteiger partial charge is 0.135 e. The molecule has 2 aromatic rings. The van der Waals surface area contributed by atoms with E-state index in [1.54, 1.807) is 24.3 Å². The van der Waals surface area contributed by atoms with Crippen molar-refractivity contribution >= 4 is 18.8 Å². The van der Waals surface area contributed by atoms with Crippen LogP contribution in [0.1, 0.15) is 5.56 Å². The average Bonchev–Trinajstić information content (AvgIpc) is 2.91. The van der Waals surface area contributed by atoms with E-state index in [0.717, 1.165) is 5.39 Å². The van der Waals surface area contributed by atoms with Gasteiger partial charge in [-0.3, -0.25) is 0 Å². The fourth-order valence-corrected chi connectivity index (χ4v) is 2.23. The van der Waals surface area contributed by atoms with Crippen molar-refractivity contribution in [2.24, 2.45) is 0 Å². The van der Waals surface area contributed by atoms with Gasteiger partial charge in [-0.05, 0) is 24.1 Å². The van der Waals surface area contributed by atoms with Gasteiger partial charge >= 0.3 is 0 Å². The van der Waals surface area contributed by atoms with E-state index in [1.165, 1.54) is 6.26 Å². The zero-order chi connectivity index (χ0) is 13.9. The van der Waals surface area contributed by atoms with Gasteiger partial charge in [-0.25, -0.2) is 4.39 Å². The minimum absolute atomic E-state index is 0.357. The molecule has 0 aliphatic heterocycles. The molecule has 102 valence electrons. The molecule has 2 rings (SSSR count). The van der Waals surface area contributed by atoms with Crippen LogP contribution in [0, 0.1) is 0 Å². The predicted octanol–water partition coefficient (Wildman–Crippen LogP) is 0.131. The number of fused-ring (bicyclic) bond motifs is 1. The van der Waals surface area contributed by atoms with Gasteiger partial charge in [-0.2, -0.15) is 0 Å². The SMILES string of the molecule is BCNC(CO)C(O)(CF)c1ccc2ccoc2c1. The molecular formula is C13H17BFNO3. The highest BCUT2D eigenvalue weighted by molar-refractivity contribution is 6.08. The fourth-order valence-electron chi connectivity index (χ4n) is 2.23. The maximum atomic E-state index is 13.4. The first-order valence-electron chi connectivity index (χ1n) is 6.26. The lowest BCUT2D eigenvalue weighted by molar-refractivity contribution is -0.0393. The van der Waals surface area contributed by atoms with E-state index in [9.17, 15) is 14.6 Å². The topological polar surface area (TPSA) is 65.6 Å². The molecule has 1 aromatic heterocycles. The molecule has 3 N–H and O–H groups in total. The summed E-state index contributed by atoms with van der Waals surface area (Å²) in [4.78, 5) is 0. The van der Waals surface area contributed by atoms with Crippen molar-refractivity contribution in [3.8, 4) is 0 Å². The molecule has 0 spiro atoms. The van der Waals surface area contributed by atoms with Crippen LogP contribution >= 0.6 is 0 Å². The molecule has 0 radical (unpaired) electrons. The molecule has 19 heavy (non-hydrogen) atoms. The van der Waals surface area contributed by atoms with Crippen molar-refractivity contribution in [3.63, 3.8) is 0 Å². The number of furan rings is 1. The Balaban J connectivity index is 2.43. The number of hydrogen-bond donors (Lipinski definition) is 3. The summed E-state index contributed by atoms with van der Waals surface area (Å²) in [7, 11) is 1.83. The number of hydrogen-bond acceptors (Lipinski definition) is 4. The highest BCUT2D eigenvalue weighted by atomic mass is 19.1. The molecule has 0 bridgehead atoms. The summed E-state index contributed by atoms with van der Waals surface area (Å²) in [6, 6.07) is 6.04. The third kappa shape index (κ3) is 2.52. The van der Waals surface area contributed by atoms with Crippen LogP contribution in [-0.2, 0) is 5.60 Å². The quantitative estimate of drug-likeness (QED) is 0.650. The molecule has 0 aliphatic carbocycles. The van der Waals surface area contributed by atoms with Gasteiger partial charge in [0.25, 0.3) is 0 Å². The van der Waals surface area contributed by atoms with Crippen molar-refractivity contribution in [1.29, 1.82) is 0 Å². The van der Waals surface area contributed by atoms with Crippen LogP contribution in [0.3, 0.4) is 0 Å². The zero-order valence-electron chi connectivity index (χ0n) is 10.8. The van der Waals surface area contributed by atoms with Gasteiger partial charge in [-0.1, -0.05) is 12.1 Å². The van der Waals surface area contributed by atoms with Crippen molar-refractivity contribution < 1.29 is 19.0 Å². The Labute approximate surface area is 111 Å². The van der Waals surface area contributed by atoms with E-state index >= 15 is 0 Å². The van der Waals surface area contributed by atoms with Crippen molar-refractivity contribution in [2.75, 3.05) is 19.7 Å². The molecule has 1 aromatic carbocycles. The van der Waals surface area contributed by atoms with Gasteiger partial charge in [0.15, 0.2) is 0 Å². The van der Waals surface area contributed by atoms with E-state index in [-0.39, 0.29) is 6.61 Å². The fraction of sp³-hybridized carbons (Fsp3) is 0.385. The number of halogens is 1. The lowest BCUT2D eigenvalue weighted by atomic mass is 9.86. The molecule has 0 aliphatic rings. The van der Waals surface area contributed by atoms with Gasteiger partial charge in [0, 0.05) is 5.39 Å². The first-order chi connectivity index (χ1) is 9.15. The Morgan fingerprint density at radius 2 is 2.21 bits per heavy atom. The molecule has 6 heteroatoms. The van der Waals surface area contributed by atoms with Crippen LogP contribution in [0.5, 0.6) is 0 Å². The lowest BCUT2D eigenvalue weighted by Crippen LogP contribution is -2.52. The Morgan fingerprint density at radius 3 is 2.84 bits per heavy atom. The molecule has 0 amide bonds. The van der Waals surface area contributed by atoms with Gasteiger partial charge < -0.3 is 19.9 Å². The third-order valence-electron chi connectivity index (χ3n) is 3.37.